The zero-order chi connectivity index (χ0) is 15.6. The number of non-ortho nitro benzene ring substituents is 1. The van der Waals surface area contributed by atoms with Crippen molar-refractivity contribution < 1.29 is 9.66 Å². The van der Waals surface area contributed by atoms with Crippen molar-refractivity contribution in [2.75, 3.05) is 12.4 Å². The van der Waals surface area contributed by atoms with Crippen molar-refractivity contribution in [2.45, 2.75) is 20.4 Å². The highest BCUT2D eigenvalue weighted by atomic mass is 16.6. The first kappa shape index (κ1) is 14.8. The number of nitro groups is 1. The van der Waals surface area contributed by atoms with Crippen molar-refractivity contribution in [2.24, 2.45) is 7.05 Å². The number of ether oxygens (including phenoxy) is 1. The Morgan fingerprint density at radius 3 is 2.67 bits per heavy atom. The van der Waals surface area contributed by atoms with Gasteiger partial charge in [-0.1, -0.05) is 0 Å². The van der Waals surface area contributed by atoms with E-state index in [2.05, 4.69) is 10.4 Å². The van der Waals surface area contributed by atoms with Crippen molar-refractivity contribution in [1.29, 1.82) is 0 Å². The maximum absolute atomic E-state index is 10.8. The van der Waals surface area contributed by atoms with Gasteiger partial charge in [-0.2, -0.15) is 5.10 Å². The second kappa shape index (κ2) is 5.82. The van der Waals surface area contributed by atoms with E-state index in [1.54, 1.807) is 6.07 Å². The van der Waals surface area contributed by atoms with Crippen LogP contribution in [0.25, 0.3) is 0 Å². The molecule has 0 spiro atoms. The Labute approximate surface area is 122 Å². The maximum atomic E-state index is 10.8. The molecule has 112 valence electrons. The van der Waals surface area contributed by atoms with Crippen LogP contribution in [0.3, 0.4) is 0 Å². The first-order valence-corrected chi connectivity index (χ1v) is 6.49. The number of nitro benzene ring substituents is 1. The fourth-order valence-corrected chi connectivity index (χ4v) is 2.20. The van der Waals surface area contributed by atoms with Crippen LogP contribution in [0.15, 0.2) is 18.2 Å². The van der Waals surface area contributed by atoms with Crippen molar-refractivity contribution in [1.82, 2.24) is 9.78 Å². The molecule has 0 amide bonds. The van der Waals surface area contributed by atoms with Crippen molar-refractivity contribution in [3.8, 4) is 5.75 Å². The van der Waals surface area contributed by atoms with Gasteiger partial charge in [-0.25, -0.2) is 0 Å². The van der Waals surface area contributed by atoms with E-state index in [9.17, 15) is 10.1 Å². The third-order valence-corrected chi connectivity index (χ3v) is 3.51. The van der Waals surface area contributed by atoms with Gasteiger partial charge in [0, 0.05) is 30.9 Å². The Balaban J connectivity index is 2.22. The molecule has 0 bridgehead atoms. The molecule has 0 aliphatic rings. The summed E-state index contributed by atoms with van der Waals surface area (Å²) < 4.78 is 7.04. The molecular weight excluding hydrogens is 272 g/mol. The molecular formula is C14H18N4O3. The van der Waals surface area contributed by atoms with Gasteiger partial charge in [0.25, 0.3) is 5.69 Å². The van der Waals surface area contributed by atoms with Gasteiger partial charge in [-0.05, 0) is 19.9 Å². The zero-order valence-corrected chi connectivity index (χ0v) is 12.5. The third-order valence-electron chi connectivity index (χ3n) is 3.51. The summed E-state index contributed by atoms with van der Waals surface area (Å²) in [6.07, 6.45) is 0. The molecule has 1 aromatic heterocycles. The lowest BCUT2D eigenvalue weighted by molar-refractivity contribution is -0.384. The second-order valence-electron chi connectivity index (χ2n) is 4.77. The highest BCUT2D eigenvalue weighted by Crippen LogP contribution is 2.29. The van der Waals surface area contributed by atoms with Crippen LogP contribution < -0.4 is 10.1 Å². The lowest BCUT2D eigenvalue weighted by Gasteiger charge is -2.11. The highest BCUT2D eigenvalue weighted by Gasteiger charge is 2.13. The van der Waals surface area contributed by atoms with Crippen LogP contribution in [0, 0.1) is 24.0 Å². The summed E-state index contributed by atoms with van der Waals surface area (Å²) in [4.78, 5) is 10.3. The number of aromatic nitrogens is 2. The molecule has 0 aliphatic heterocycles. The monoisotopic (exact) mass is 290 g/mol. The minimum atomic E-state index is -0.443. The van der Waals surface area contributed by atoms with E-state index in [0.29, 0.717) is 18.0 Å². The summed E-state index contributed by atoms with van der Waals surface area (Å²) in [5, 5.41) is 18.4. The van der Waals surface area contributed by atoms with Crippen molar-refractivity contribution in [3.05, 3.63) is 45.3 Å². The molecule has 0 saturated heterocycles. The van der Waals surface area contributed by atoms with Gasteiger partial charge in [-0.15, -0.1) is 0 Å². The number of methoxy groups -OCH3 is 1. The SMILES string of the molecule is COc1cc([N+](=O)[O-])ccc1NCc1c(C)nn(C)c1C. The molecule has 0 atom stereocenters. The van der Waals surface area contributed by atoms with Crippen LogP contribution in [-0.4, -0.2) is 21.8 Å². The Kier molecular flexibility index (Phi) is 4.11. The minimum absolute atomic E-state index is 0.00568. The van der Waals surface area contributed by atoms with E-state index in [4.69, 9.17) is 4.74 Å². The van der Waals surface area contributed by atoms with Crippen LogP contribution >= 0.6 is 0 Å². The molecule has 1 aromatic carbocycles. The number of hydrogen-bond acceptors (Lipinski definition) is 5. The van der Waals surface area contributed by atoms with E-state index in [1.807, 2.05) is 25.6 Å². The van der Waals surface area contributed by atoms with E-state index in [1.165, 1.54) is 19.2 Å². The maximum Gasteiger partial charge on any atom is 0.273 e. The number of nitrogens with zero attached hydrogens (tertiary/aromatic N) is 3. The smallest absolute Gasteiger partial charge is 0.273 e. The van der Waals surface area contributed by atoms with Crippen molar-refractivity contribution >= 4 is 11.4 Å². The molecule has 2 rings (SSSR count). The lowest BCUT2D eigenvalue weighted by Crippen LogP contribution is -2.04. The summed E-state index contributed by atoms with van der Waals surface area (Å²) in [5.41, 5.74) is 3.87. The predicted octanol–water partition coefficient (Wildman–Crippen LogP) is 2.57. The Hall–Kier alpha value is -2.57. The van der Waals surface area contributed by atoms with E-state index in [-0.39, 0.29) is 5.69 Å². The van der Waals surface area contributed by atoms with Gasteiger partial charge < -0.3 is 10.1 Å². The van der Waals surface area contributed by atoms with Gasteiger partial charge in [0.1, 0.15) is 5.75 Å². The first-order chi connectivity index (χ1) is 9.93. The van der Waals surface area contributed by atoms with Crippen LogP contribution in [0.1, 0.15) is 17.0 Å². The van der Waals surface area contributed by atoms with Gasteiger partial charge in [0.15, 0.2) is 0 Å². The Morgan fingerprint density at radius 2 is 2.14 bits per heavy atom. The minimum Gasteiger partial charge on any atom is -0.494 e. The van der Waals surface area contributed by atoms with E-state index < -0.39 is 4.92 Å². The van der Waals surface area contributed by atoms with Gasteiger partial charge in [0.2, 0.25) is 0 Å². The molecule has 0 fully saturated rings. The van der Waals surface area contributed by atoms with Crippen LogP contribution in [-0.2, 0) is 13.6 Å². The fourth-order valence-electron chi connectivity index (χ4n) is 2.20. The number of nitrogens with one attached hydrogen (secondary N) is 1. The highest BCUT2D eigenvalue weighted by molar-refractivity contribution is 5.61. The first-order valence-electron chi connectivity index (χ1n) is 6.49. The molecule has 0 unspecified atom stereocenters. The van der Waals surface area contributed by atoms with E-state index in [0.717, 1.165) is 17.0 Å². The fraction of sp³-hybridized carbons (Fsp3) is 0.357. The second-order valence-corrected chi connectivity index (χ2v) is 4.77. The Bertz CT molecular complexity index is 679. The number of rotatable bonds is 5. The van der Waals surface area contributed by atoms with Gasteiger partial charge in [0.05, 0.1) is 29.5 Å². The van der Waals surface area contributed by atoms with E-state index >= 15 is 0 Å². The largest absolute Gasteiger partial charge is 0.494 e. The average molecular weight is 290 g/mol. The zero-order valence-electron chi connectivity index (χ0n) is 12.5. The molecule has 7 nitrogen and oxygen atoms in total. The average Bonchev–Trinajstić information content (AvgIpc) is 2.70. The van der Waals surface area contributed by atoms with Crippen LogP contribution in [0.5, 0.6) is 5.75 Å². The lowest BCUT2D eigenvalue weighted by atomic mass is 10.2. The summed E-state index contributed by atoms with van der Waals surface area (Å²) in [6.45, 7) is 4.54. The summed E-state index contributed by atoms with van der Waals surface area (Å²) in [7, 11) is 3.39. The summed E-state index contributed by atoms with van der Waals surface area (Å²) in [6, 6.07) is 4.51. The van der Waals surface area contributed by atoms with Crippen LogP contribution in [0.2, 0.25) is 0 Å². The third kappa shape index (κ3) is 2.96. The number of aryl methyl sites for hydroxylation is 2. The summed E-state index contributed by atoms with van der Waals surface area (Å²) in [5.74, 6) is 0.448. The molecule has 0 radical (unpaired) electrons. The van der Waals surface area contributed by atoms with Crippen LogP contribution in [0.4, 0.5) is 11.4 Å². The Morgan fingerprint density at radius 1 is 1.43 bits per heavy atom. The number of benzene rings is 1. The number of hydrogen-bond donors (Lipinski definition) is 1. The predicted molar refractivity (Wildman–Crippen MR) is 79.7 cm³/mol. The van der Waals surface area contributed by atoms with Crippen molar-refractivity contribution in [3.63, 3.8) is 0 Å². The molecule has 0 aliphatic carbocycles. The number of anilines is 1. The summed E-state index contributed by atoms with van der Waals surface area (Å²) >= 11 is 0. The van der Waals surface area contributed by atoms with Gasteiger partial charge in [-0.3, -0.25) is 14.8 Å². The molecule has 0 saturated carbocycles. The molecule has 21 heavy (non-hydrogen) atoms. The molecule has 2 aromatic rings. The molecule has 7 heteroatoms. The normalized spacial score (nSPS) is 10.5. The molecule has 1 heterocycles. The quantitative estimate of drug-likeness (QED) is 0.676. The standard InChI is InChI=1S/C14H18N4O3/c1-9-12(10(2)17(3)16-9)8-15-13-6-5-11(18(19)20)7-14(13)21-4/h5-7,15H,8H2,1-4H3. The molecule has 1 N–H and O–H groups in total. The topological polar surface area (TPSA) is 82.2 Å². The van der Waals surface area contributed by atoms with Gasteiger partial charge >= 0.3 is 0 Å².